The third-order valence-corrected chi connectivity index (χ3v) is 9.37. The van der Waals surface area contributed by atoms with Gasteiger partial charge < -0.3 is 15.0 Å². The number of anilines is 1. The Hall–Kier alpha value is -3.85. The molecule has 0 bridgehead atoms. The zero-order valence-corrected chi connectivity index (χ0v) is 24.8. The fourth-order valence-electron chi connectivity index (χ4n) is 5.20. The highest BCUT2D eigenvalue weighted by atomic mass is 32.2. The molecule has 0 heterocycles. The zero-order chi connectivity index (χ0) is 29.4. The molecule has 0 spiro atoms. The maximum atomic E-state index is 14.1. The van der Waals surface area contributed by atoms with Crippen LogP contribution >= 0.6 is 0 Å². The topological polar surface area (TPSA) is 96.0 Å². The Kier molecular flexibility index (Phi) is 10.0. The van der Waals surface area contributed by atoms with E-state index in [2.05, 4.69) is 5.32 Å². The molecule has 218 valence electrons. The van der Waals surface area contributed by atoms with Crippen LogP contribution < -0.4 is 14.4 Å². The maximum absolute atomic E-state index is 14.1. The average Bonchev–Trinajstić information content (AvgIpc) is 2.99. The van der Waals surface area contributed by atoms with Gasteiger partial charge in [0.05, 0.1) is 17.7 Å². The molecule has 2 amide bonds. The van der Waals surface area contributed by atoms with E-state index < -0.39 is 28.5 Å². The fraction of sp³-hybridized carbons (Fsp3) is 0.375. The van der Waals surface area contributed by atoms with Crippen LogP contribution in [0.1, 0.15) is 50.2 Å². The summed E-state index contributed by atoms with van der Waals surface area (Å²) in [6.45, 7) is 3.15. The lowest BCUT2D eigenvalue weighted by molar-refractivity contribution is -0.139. The van der Waals surface area contributed by atoms with Crippen molar-refractivity contribution in [2.24, 2.45) is 0 Å². The Morgan fingerprint density at radius 1 is 0.951 bits per heavy atom. The molecule has 1 fully saturated rings. The number of carbonyl (C=O) groups is 2. The molecule has 0 aliphatic heterocycles. The van der Waals surface area contributed by atoms with E-state index >= 15 is 0 Å². The highest BCUT2D eigenvalue weighted by Crippen LogP contribution is 2.27. The second-order valence-electron chi connectivity index (χ2n) is 10.5. The number of carbonyl (C=O) groups excluding carboxylic acids is 2. The third-order valence-electron chi connectivity index (χ3n) is 7.60. The molecule has 1 N–H and O–H groups in total. The predicted octanol–water partition coefficient (Wildman–Crippen LogP) is 5.07. The van der Waals surface area contributed by atoms with Crippen molar-refractivity contribution in [3.8, 4) is 5.75 Å². The molecule has 1 saturated carbocycles. The number of benzene rings is 3. The molecule has 1 aliphatic rings. The van der Waals surface area contributed by atoms with Gasteiger partial charge >= 0.3 is 0 Å². The highest BCUT2D eigenvalue weighted by Gasteiger charge is 2.33. The van der Waals surface area contributed by atoms with Crippen molar-refractivity contribution >= 4 is 27.5 Å². The summed E-state index contributed by atoms with van der Waals surface area (Å²) in [7, 11) is -2.53. The monoisotopic (exact) mass is 577 g/mol. The van der Waals surface area contributed by atoms with Crippen LogP contribution in [0.5, 0.6) is 5.75 Å². The van der Waals surface area contributed by atoms with Crippen molar-refractivity contribution in [2.75, 3.05) is 18.0 Å². The molecule has 41 heavy (non-hydrogen) atoms. The van der Waals surface area contributed by atoms with Crippen molar-refractivity contribution in [2.45, 2.75) is 69.5 Å². The molecule has 8 nitrogen and oxygen atoms in total. The van der Waals surface area contributed by atoms with E-state index in [1.54, 1.807) is 50.4 Å². The number of hydrogen-bond donors (Lipinski definition) is 1. The lowest BCUT2D eigenvalue weighted by Gasteiger charge is -2.33. The molecule has 0 unspecified atom stereocenters. The van der Waals surface area contributed by atoms with Crippen molar-refractivity contribution in [1.82, 2.24) is 10.2 Å². The van der Waals surface area contributed by atoms with E-state index in [0.717, 1.165) is 42.0 Å². The van der Waals surface area contributed by atoms with Crippen LogP contribution in [0, 0.1) is 6.92 Å². The predicted molar refractivity (Wildman–Crippen MR) is 160 cm³/mol. The summed E-state index contributed by atoms with van der Waals surface area (Å²) >= 11 is 0. The van der Waals surface area contributed by atoms with Crippen LogP contribution in [0.2, 0.25) is 0 Å². The first-order chi connectivity index (χ1) is 19.7. The van der Waals surface area contributed by atoms with Crippen LogP contribution in [0.4, 0.5) is 5.69 Å². The van der Waals surface area contributed by atoms with Gasteiger partial charge in [0.2, 0.25) is 11.8 Å². The van der Waals surface area contributed by atoms with E-state index in [-0.39, 0.29) is 23.4 Å². The number of ether oxygens (including phenoxy) is 1. The third kappa shape index (κ3) is 7.47. The van der Waals surface area contributed by atoms with Crippen LogP contribution in [-0.4, -0.2) is 50.9 Å². The van der Waals surface area contributed by atoms with Gasteiger partial charge in [-0.15, -0.1) is 0 Å². The second kappa shape index (κ2) is 13.7. The van der Waals surface area contributed by atoms with Gasteiger partial charge in [0.1, 0.15) is 18.3 Å². The molecule has 9 heteroatoms. The Labute approximate surface area is 243 Å². The minimum absolute atomic E-state index is 0.0781. The number of sulfonamides is 1. The smallest absolute Gasteiger partial charge is 0.264 e. The average molecular weight is 578 g/mol. The van der Waals surface area contributed by atoms with E-state index in [1.807, 2.05) is 37.3 Å². The minimum atomic E-state index is -4.09. The summed E-state index contributed by atoms with van der Waals surface area (Å²) in [5, 5.41) is 3.12. The van der Waals surface area contributed by atoms with Gasteiger partial charge in [-0.1, -0.05) is 67.8 Å². The molecule has 3 aromatic carbocycles. The summed E-state index contributed by atoms with van der Waals surface area (Å²) in [5.41, 5.74) is 1.89. The molecule has 4 rings (SSSR count). The van der Waals surface area contributed by atoms with E-state index in [1.165, 1.54) is 17.0 Å². The van der Waals surface area contributed by atoms with Crippen molar-refractivity contribution in [1.29, 1.82) is 0 Å². The zero-order valence-electron chi connectivity index (χ0n) is 24.0. The van der Waals surface area contributed by atoms with Crippen LogP contribution in [0.25, 0.3) is 0 Å². The summed E-state index contributed by atoms with van der Waals surface area (Å²) in [4.78, 5) is 29.1. The van der Waals surface area contributed by atoms with Gasteiger partial charge in [-0.3, -0.25) is 13.9 Å². The Balaban J connectivity index is 1.68. The molecular weight excluding hydrogens is 538 g/mol. The molecule has 0 radical (unpaired) electrons. The Bertz CT molecular complexity index is 1440. The maximum Gasteiger partial charge on any atom is 0.264 e. The van der Waals surface area contributed by atoms with E-state index in [0.29, 0.717) is 17.0 Å². The standard InChI is InChI=1S/C32H39N3O5S/c1-24-13-10-11-20-30(24)35(41(38,39)29-18-8-5-9-19-29)23-31(36)34(22-26-14-12-17-28(21-26)40-3)25(2)32(37)33-27-15-6-4-7-16-27/h5,8-14,17-21,25,27H,4,6-7,15-16,22-23H2,1-3H3,(H,33,37)/t25-/m0/s1. The number of aryl methyl sites for hydroxylation is 1. The fourth-order valence-corrected chi connectivity index (χ4v) is 6.69. The van der Waals surface area contributed by atoms with Gasteiger partial charge in [-0.25, -0.2) is 8.42 Å². The molecular formula is C32H39N3O5S. The molecule has 0 aromatic heterocycles. The van der Waals surface area contributed by atoms with Gasteiger partial charge in [0.25, 0.3) is 10.0 Å². The summed E-state index contributed by atoms with van der Waals surface area (Å²) in [6, 6.07) is 21.7. The number of nitrogens with one attached hydrogen (secondary N) is 1. The van der Waals surface area contributed by atoms with Gasteiger partial charge in [-0.05, 0) is 68.1 Å². The normalized spacial score (nSPS) is 14.6. The second-order valence-corrected chi connectivity index (χ2v) is 12.4. The van der Waals surface area contributed by atoms with Crippen LogP contribution in [0.15, 0.2) is 83.8 Å². The largest absolute Gasteiger partial charge is 0.497 e. The molecule has 1 atom stereocenters. The quantitative estimate of drug-likeness (QED) is 0.344. The first kappa shape index (κ1) is 30.1. The number of nitrogens with zero attached hydrogens (tertiary/aromatic N) is 2. The van der Waals surface area contributed by atoms with E-state index in [9.17, 15) is 18.0 Å². The number of rotatable bonds is 11. The van der Waals surface area contributed by atoms with Crippen LogP contribution in [-0.2, 0) is 26.2 Å². The minimum Gasteiger partial charge on any atom is -0.497 e. The molecule has 3 aromatic rings. The molecule has 1 aliphatic carbocycles. The number of methoxy groups -OCH3 is 1. The first-order valence-corrected chi connectivity index (χ1v) is 15.5. The highest BCUT2D eigenvalue weighted by molar-refractivity contribution is 7.92. The van der Waals surface area contributed by atoms with Gasteiger partial charge in [-0.2, -0.15) is 0 Å². The van der Waals surface area contributed by atoms with E-state index in [4.69, 9.17) is 4.74 Å². The number of para-hydroxylation sites is 1. The van der Waals surface area contributed by atoms with Gasteiger partial charge in [0.15, 0.2) is 0 Å². The molecule has 0 saturated heterocycles. The van der Waals surface area contributed by atoms with Gasteiger partial charge in [0, 0.05) is 12.6 Å². The summed E-state index contributed by atoms with van der Waals surface area (Å²) in [5.74, 6) is -0.106. The summed E-state index contributed by atoms with van der Waals surface area (Å²) < 4.78 is 34.3. The van der Waals surface area contributed by atoms with Crippen LogP contribution in [0.3, 0.4) is 0 Å². The Morgan fingerprint density at radius 2 is 1.63 bits per heavy atom. The van der Waals surface area contributed by atoms with Crippen molar-refractivity contribution in [3.05, 3.63) is 90.0 Å². The SMILES string of the molecule is COc1cccc(CN(C(=O)CN(c2ccccc2C)S(=O)(=O)c2ccccc2)[C@@H](C)C(=O)NC2CCCCC2)c1. The lowest BCUT2D eigenvalue weighted by Crippen LogP contribution is -2.53. The number of hydrogen-bond acceptors (Lipinski definition) is 5. The van der Waals surface area contributed by atoms with Crippen molar-refractivity contribution in [3.63, 3.8) is 0 Å². The van der Waals surface area contributed by atoms with Crippen molar-refractivity contribution < 1.29 is 22.7 Å². The first-order valence-electron chi connectivity index (χ1n) is 14.1. The summed E-state index contributed by atoms with van der Waals surface area (Å²) in [6.07, 6.45) is 5.12. The number of amides is 2. The lowest BCUT2D eigenvalue weighted by atomic mass is 9.95. The Morgan fingerprint density at radius 3 is 2.32 bits per heavy atom.